The normalized spacial score (nSPS) is 19.4. The van der Waals surface area contributed by atoms with Gasteiger partial charge in [0.2, 0.25) is 5.91 Å². The Labute approximate surface area is 221 Å². The van der Waals surface area contributed by atoms with Crippen molar-refractivity contribution in [1.29, 1.82) is 0 Å². The number of carboxylic acid groups (broad SMARTS) is 1. The third kappa shape index (κ3) is 8.44. The maximum absolute atomic E-state index is 13.0. The van der Waals surface area contributed by atoms with Crippen molar-refractivity contribution in [2.24, 2.45) is 0 Å². The number of aliphatic hydroxyl groups excluding tert-OH is 2. The minimum Gasteiger partial charge on any atom is -0.465 e. The molecule has 2 aromatic carbocycles. The molecule has 0 spiro atoms. The third-order valence-electron chi connectivity index (χ3n) is 6.44. The fraction of sp³-hybridized carbons (Fsp3) is 0.444. The second kappa shape index (κ2) is 13.2. The topological polar surface area (TPSA) is 169 Å². The molecule has 2 aromatic rings. The molecule has 1 saturated heterocycles. The van der Waals surface area contributed by atoms with E-state index in [1.807, 2.05) is 60.7 Å². The maximum atomic E-state index is 13.0. The van der Waals surface area contributed by atoms with Gasteiger partial charge in [0.25, 0.3) is 0 Å². The lowest BCUT2D eigenvalue weighted by Gasteiger charge is -2.29. The van der Waals surface area contributed by atoms with Crippen molar-refractivity contribution in [3.63, 3.8) is 0 Å². The van der Waals surface area contributed by atoms with Crippen LogP contribution in [0.4, 0.5) is 9.59 Å². The average molecular weight is 529 g/mol. The van der Waals surface area contributed by atoms with Gasteiger partial charge in [-0.1, -0.05) is 60.7 Å². The van der Waals surface area contributed by atoms with Crippen molar-refractivity contribution in [1.82, 2.24) is 21.3 Å². The number of carbonyl (C=O) groups is 3. The summed E-state index contributed by atoms with van der Waals surface area (Å²) in [6.45, 7) is 3.26. The number of benzene rings is 2. The molecule has 206 valence electrons. The van der Waals surface area contributed by atoms with Crippen LogP contribution < -0.4 is 21.3 Å². The summed E-state index contributed by atoms with van der Waals surface area (Å²) in [5.41, 5.74) is 0.690. The van der Waals surface area contributed by atoms with E-state index in [1.165, 1.54) is 0 Å². The first kappa shape index (κ1) is 28.9. The molecule has 5 atom stereocenters. The number of ether oxygens (including phenoxy) is 1. The molecule has 0 radical (unpaired) electrons. The molecule has 11 heteroatoms. The van der Waals surface area contributed by atoms with Gasteiger partial charge in [-0.05, 0) is 37.8 Å². The second-order valence-electron chi connectivity index (χ2n) is 9.91. The van der Waals surface area contributed by atoms with E-state index < -0.39 is 54.0 Å². The zero-order chi connectivity index (χ0) is 27.7. The van der Waals surface area contributed by atoms with Crippen LogP contribution in [0, 0.1) is 0 Å². The predicted octanol–water partition coefficient (Wildman–Crippen LogP) is 0.791. The summed E-state index contributed by atoms with van der Waals surface area (Å²) in [5, 5.41) is 41.5. The summed E-state index contributed by atoms with van der Waals surface area (Å²) in [7, 11) is 0. The molecule has 11 nitrogen and oxygen atoms in total. The Morgan fingerprint density at radius 2 is 1.37 bits per heavy atom. The summed E-state index contributed by atoms with van der Waals surface area (Å²) >= 11 is 0. The quantitative estimate of drug-likeness (QED) is 0.200. The summed E-state index contributed by atoms with van der Waals surface area (Å²) in [6, 6.07) is 16.1. The molecule has 0 aliphatic carbocycles. The van der Waals surface area contributed by atoms with Crippen molar-refractivity contribution in [3.05, 3.63) is 71.8 Å². The van der Waals surface area contributed by atoms with E-state index in [9.17, 15) is 29.7 Å². The SMILES string of the molecule is CC1(C)OC(=O)NC1C(=O)N[C@@H](Cc1ccccc1)C(O)CNC[C@@H](O)[C@H](Cc1ccccc1)NC(=O)O. The van der Waals surface area contributed by atoms with Crippen molar-refractivity contribution < 1.29 is 34.4 Å². The molecule has 1 fully saturated rings. The number of nitrogens with one attached hydrogen (secondary N) is 4. The molecule has 0 saturated carbocycles. The first-order valence-electron chi connectivity index (χ1n) is 12.5. The fourth-order valence-corrected chi connectivity index (χ4v) is 4.39. The van der Waals surface area contributed by atoms with Crippen molar-refractivity contribution in [3.8, 4) is 0 Å². The van der Waals surface area contributed by atoms with E-state index in [-0.39, 0.29) is 19.5 Å². The Morgan fingerprint density at radius 1 is 0.895 bits per heavy atom. The molecule has 2 unspecified atom stereocenters. The highest BCUT2D eigenvalue weighted by Crippen LogP contribution is 2.22. The van der Waals surface area contributed by atoms with Crippen molar-refractivity contribution in [2.45, 2.75) is 62.6 Å². The standard InChI is InChI=1S/C27H36N4O7/c1-27(2)23(31-26(37)38-27)24(34)29-19(13-17-9-5-3-6-10-17)21(32)15-28-16-22(33)20(30-25(35)36)14-18-11-7-4-8-12-18/h3-12,19-23,28,30,32-33H,13-16H2,1-2H3,(H,29,34)(H,31,37)(H,35,36)/t19-,20-,21?,22+,23?/m0/s1. The van der Waals surface area contributed by atoms with Crippen LogP contribution in [0.25, 0.3) is 0 Å². The Kier molecular flexibility index (Phi) is 10.1. The van der Waals surface area contributed by atoms with Crippen LogP contribution in [0.5, 0.6) is 0 Å². The number of hydrogen-bond acceptors (Lipinski definition) is 7. The average Bonchev–Trinajstić information content (AvgIpc) is 3.15. The smallest absolute Gasteiger partial charge is 0.408 e. The monoisotopic (exact) mass is 528 g/mol. The highest BCUT2D eigenvalue weighted by atomic mass is 16.6. The highest BCUT2D eigenvalue weighted by Gasteiger charge is 2.46. The van der Waals surface area contributed by atoms with Crippen LogP contribution >= 0.6 is 0 Å². The largest absolute Gasteiger partial charge is 0.465 e. The van der Waals surface area contributed by atoms with Crippen LogP contribution in [-0.2, 0) is 22.4 Å². The summed E-state index contributed by atoms with van der Waals surface area (Å²) in [5.74, 6) is -0.491. The molecule has 1 aliphatic heterocycles. The predicted molar refractivity (Wildman–Crippen MR) is 140 cm³/mol. The van der Waals surface area contributed by atoms with Gasteiger partial charge in [0.05, 0.1) is 24.3 Å². The first-order chi connectivity index (χ1) is 18.0. The number of alkyl carbamates (subject to hydrolysis) is 1. The lowest BCUT2D eigenvalue weighted by molar-refractivity contribution is -0.127. The van der Waals surface area contributed by atoms with E-state index in [2.05, 4.69) is 21.3 Å². The number of aliphatic hydroxyl groups is 2. The van der Waals surface area contributed by atoms with E-state index in [0.717, 1.165) is 11.1 Å². The van der Waals surface area contributed by atoms with E-state index in [1.54, 1.807) is 13.8 Å². The van der Waals surface area contributed by atoms with Gasteiger partial charge in [-0.3, -0.25) is 4.79 Å². The highest BCUT2D eigenvalue weighted by molar-refractivity contribution is 5.89. The number of carbonyl (C=O) groups excluding carboxylic acids is 2. The van der Waals surface area contributed by atoms with E-state index in [4.69, 9.17) is 4.74 Å². The molecule has 0 aromatic heterocycles. The molecule has 1 heterocycles. The molecular weight excluding hydrogens is 492 g/mol. The second-order valence-corrected chi connectivity index (χ2v) is 9.91. The number of cyclic esters (lactones) is 1. The number of hydrogen-bond donors (Lipinski definition) is 7. The van der Waals surface area contributed by atoms with Crippen LogP contribution in [0.1, 0.15) is 25.0 Å². The van der Waals surface area contributed by atoms with E-state index in [0.29, 0.717) is 6.42 Å². The van der Waals surface area contributed by atoms with Crippen LogP contribution in [0.2, 0.25) is 0 Å². The lowest BCUT2D eigenvalue weighted by atomic mass is 9.96. The maximum Gasteiger partial charge on any atom is 0.408 e. The molecule has 7 N–H and O–H groups in total. The molecule has 38 heavy (non-hydrogen) atoms. The van der Waals surface area contributed by atoms with Gasteiger partial charge in [-0.25, -0.2) is 9.59 Å². The fourth-order valence-electron chi connectivity index (χ4n) is 4.39. The lowest BCUT2D eigenvalue weighted by Crippen LogP contribution is -2.57. The molecule has 0 bridgehead atoms. The van der Waals surface area contributed by atoms with Gasteiger partial charge in [0, 0.05) is 13.1 Å². The van der Waals surface area contributed by atoms with Crippen LogP contribution in [0.3, 0.4) is 0 Å². The third-order valence-corrected chi connectivity index (χ3v) is 6.44. The molecular formula is C27H36N4O7. The van der Waals surface area contributed by atoms with Crippen molar-refractivity contribution in [2.75, 3.05) is 13.1 Å². The summed E-state index contributed by atoms with van der Waals surface area (Å²) in [6.07, 6.45) is -3.47. The van der Waals surface area contributed by atoms with E-state index >= 15 is 0 Å². The van der Waals surface area contributed by atoms with Crippen LogP contribution in [-0.4, -0.2) is 82.4 Å². The zero-order valence-corrected chi connectivity index (χ0v) is 21.5. The van der Waals surface area contributed by atoms with Crippen molar-refractivity contribution >= 4 is 18.1 Å². The van der Waals surface area contributed by atoms with Gasteiger partial charge in [0.15, 0.2) is 6.04 Å². The van der Waals surface area contributed by atoms with Gasteiger partial charge >= 0.3 is 12.2 Å². The molecule has 3 amide bonds. The first-order valence-corrected chi connectivity index (χ1v) is 12.5. The Morgan fingerprint density at radius 3 is 1.79 bits per heavy atom. The zero-order valence-electron chi connectivity index (χ0n) is 21.5. The minimum absolute atomic E-state index is 0.000394. The molecule has 1 aliphatic rings. The number of amides is 3. The molecule has 3 rings (SSSR count). The summed E-state index contributed by atoms with van der Waals surface area (Å²) < 4.78 is 5.17. The summed E-state index contributed by atoms with van der Waals surface area (Å²) in [4.78, 5) is 36.0. The van der Waals surface area contributed by atoms with Gasteiger partial charge in [-0.15, -0.1) is 0 Å². The number of rotatable bonds is 13. The Balaban J connectivity index is 1.62. The van der Waals surface area contributed by atoms with Gasteiger partial charge in [0.1, 0.15) is 5.60 Å². The Hall–Kier alpha value is -3.67. The van der Waals surface area contributed by atoms with Gasteiger partial charge in [-0.2, -0.15) is 0 Å². The minimum atomic E-state index is -1.25. The van der Waals surface area contributed by atoms with Crippen LogP contribution in [0.15, 0.2) is 60.7 Å². The Bertz CT molecular complexity index is 1070. The van der Waals surface area contributed by atoms with Gasteiger partial charge < -0.3 is 41.3 Å².